The molecule has 7 heteroatoms. The first kappa shape index (κ1) is 24.0. The molecule has 1 fully saturated rings. The summed E-state index contributed by atoms with van der Waals surface area (Å²) < 4.78 is 5.19. The SMILES string of the molecule is C=C(C)CN1CCC(NC(=NC)NCCc2ccc(OC)cc2Cl)CC1.I. The molecule has 0 atom stereocenters. The van der Waals surface area contributed by atoms with Gasteiger partial charge in [-0.3, -0.25) is 9.89 Å². The second-order valence-electron chi connectivity index (χ2n) is 6.86. The van der Waals surface area contributed by atoms with Gasteiger partial charge in [0.15, 0.2) is 5.96 Å². The van der Waals surface area contributed by atoms with E-state index in [1.54, 1.807) is 7.11 Å². The van der Waals surface area contributed by atoms with E-state index >= 15 is 0 Å². The lowest BCUT2D eigenvalue weighted by atomic mass is 10.0. The highest BCUT2D eigenvalue weighted by Gasteiger charge is 2.19. The minimum absolute atomic E-state index is 0. The molecule has 1 saturated heterocycles. The molecule has 2 rings (SSSR count). The normalized spacial score (nSPS) is 15.8. The third-order valence-electron chi connectivity index (χ3n) is 4.59. The molecule has 0 aliphatic carbocycles. The Kier molecular flexibility index (Phi) is 11.1. The molecule has 0 aromatic heterocycles. The van der Waals surface area contributed by atoms with Crippen LogP contribution in [0.4, 0.5) is 0 Å². The van der Waals surface area contributed by atoms with Crippen LogP contribution < -0.4 is 15.4 Å². The molecular formula is C20H32ClIN4O. The van der Waals surface area contributed by atoms with Gasteiger partial charge in [0.1, 0.15) is 5.75 Å². The van der Waals surface area contributed by atoms with Crippen molar-refractivity contribution in [3.05, 3.63) is 40.9 Å². The molecule has 1 aliphatic rings. The summed E-state index contributed by atoms with van der Waals surface area (Å²) in [5, 5.41) is 7.66. The maximum Gasteiger partial charge on any atom is 0.191 e. The van der Waals surface area contributed by atoms with E-state index in [9.17, 15) is 0 Å². The highest BCUT2D eigenvalue weighted by atomic mass is 127. The molecule has 0 radical (unpaired) electrons. The smallest absolute Gasteiger partial charge is 0.191 e. The predicted octanol–water partition coefficient (Wildman–Crippen LogP) is 3.71. The fraction of sp³-hybridized carbons (Fsp3) is 0.550. The summed E-state index contributed by atoms with van der Waals surface area (Å²) in [4.78, 5) is 6.80. The van der Waals surface area contributed by atoms with Crippen molar-refractivity contribution in [1.29, 1.82) is 0 Å². The Morgan fingerprint density at radius 3 is 2.63 bits per heavy atom. The number of likely N-dealkylation sites (tertiary alicyclic amines) is 1. The van der Waals surface area contributed by atoms with Crippen molar-refractivity contribution < 1.29 is 4.74 Å². The van der Waals surface area contributed by atoms with Crippen molar-refractivity contribution in [1.82, 2.24) is 15.5 Å². The number of guanidine groups is 1. The van der Waals surface area contributed by atoms with Crippen molar-refractivity contribution in [2.24, 2.45) is 4.99 Å². The van der Waals surface area contributed by atoms with E-state index in [-0.39, 0.29) is 24.0 Å². The number of benzene rings is 1. The molecular weight excluding hydrogens is 475 g/mol. The summed E-state index contributed by atoms with van der Waals surface area (Å²) >= 11 is 6.30. The molecule has 1 aromatic rings. The van der Waals surface area contributed by atoms with Crippen LogP contribution in [0, 0.1) is 0 Å². The lowest BCUT2D eigenvalue weighted by Gasteiger charge is -2.33. The predicted molar refractivity (Wildman–Crippen MR) is 126 cm³/mol. The van der Waals surface area contributed by atoms with Crippen molar-refractivity contribution in [3.8, 4) is 5.75 Å². The van der Waals surface area contributed by atoms with E-state index in [0.29, 0.717) is 6.04 Å². The number of aliphatic imine (C=N–C) groups is 1. The molecule has 0 spiro atoms. The van der Waals surface area contributed by atoms with Gasteiger partial charge in [-0.25, -0.2) is 0 Å². The number of halogens is 2. The Balaban J connectivity index is 0.00000364. The van der Waals surface area contributed by atoms with Gasteiger partial charge in [0, 0.05) is 44.3 Å². The monoisotopic (exact) mass is 506 g/mol. The fourth-order valence-electron chi connectivity index (χ4n) is 3.18. The van der Waals surface area contributed by atoms with Gasteiger partial charge in [0.2, 0.25) is 0 Å². The maximum atomic E-state index is 6.30. The molecule has 27 heavy (non-hydrogen) atoms. The van der Waals surface area contributed by atoms with Gasteiger partial charge in [0.05, 0.1) is 7.11 Å². The van der Waals surface area contributed by atoms with Crippen LogP contribution in [0.2, 0.25) is 5.02 Å². The van der Waals surface area contributed by atoms with Gasteiger partial charge in [-0.2, -0.15) is 0 Å². The summed E-state index contributed by atoms with van der Waals surface area (Å²) in [6.45, 7) is 10.1. The number of nitrogens with one attached hydrogen (secondary N) is 2. The minimum atomic E-state index is 0. The highest BCUT2D eigenvalue weighted by Crippen LogP contribution is 2.22. The number of hydrogen-bond acceptors (Lipinski definition) is 3. The Labute approximate surface area is 185 Å². The summed E-state index contributed by atoms with van der Waals surface area (Å²) in [5.41, 5.74) is 2.33. The van der Waals surface area contributed by atoms with Crippen LogP contribution in [-0.2, 0) is 6.42 Å². The quantitative estimate of drug-likeness (QED) is 0.256. The second kappa shape index (κ2) is 12.5. The van der Waals surface area contributed by atoms with E-state index in [4.69, 9.17) is 16.3 Å². The minimum Gasteiger partial charge on any atom is -0.497 e. The van der Waals surface area contributed by atoms with E-state index in [0.717, 1.165) is 67.7 Å². The molecule has 0 saturated carbocycles. The number of hydrogen-bond donors (Lipinski definition) is 2. The Morgan fingerprint density at radius 2 is 2.07 bits per heavy atom. The number of rotatable bonds is 7. The number of nitrogens with zero attached hydrogens (tertiary/aromatic N) is 2. The van der Waals surface area contributed by atoms with E-state index in [1.165, 1.54) is 5.57 Å². The highest BCUT2D eigenvalue weighted by molar-refractivity contribution is 14.0. The zero-order valence-electron chi connectivity index (χ0n) is 16.6. The van der Waals surface area contributed by atoms with Crippen LogP contribution >= 0.6 is 35.6 Å². The van der Waals surface area contributed by atoms with E-state index in [1.807, 2.05) is 25.2 Å². The first-order valence-electron chi connectivity index (χ1n) is 9.18. The van der Waals surface area contributed by atoms with Crippen molar-refractivity contribution in [2.75, 3.05) is 40.3 Å². The lowest BCUT2D eigenvalue weighted by Crippen LogP contribution is -2.49. The van der Waals surface area contributed by atoms with Gasteiger partial charge < -0.3 is 15.4 Å². The summed E-state index contributed by atoms with van der Waals surface area (Å²) in [5.74, 6) is 1.63. The maximum absolute atomic E-state index is 6.30. The van der Waals surface area contributed by atoms with Crippen molar-refractivity contribution in [3.63, 3.8) is 0 Å². The molecule has 152 valence electrons. The Morgan fingerprint density at radius 1 is 1.37 bits per heavy atom. The van der Waals surface area contributed by atoms with Crippen LogP contribution in [0.5, 0.6) is 5.75 Å². The van der Waals surface area contributed by atoms with Crippen molar-refractivity contribution in [2.45, 2.75) is 32.2 Å². The third-order valence-corrected chi connectivity index (χ3v) is 4.94. The van der Waals surface area contributed by atoms with Gasteiger partial charge in [-0.05, 0) is 43.9 Å². The molecule has 5 nitrogen and oxygen atoms in total. The van der Waals surface area contributed by atoms with Gasteiger partial charge in [-0.15, -0.1) is 24.0 Å². The lowest BCUT2D eigenvalue weighted by molar-refractivity contribution is 0.221. The first-order valence-corrected chi connectivity index (χ1v) is 9.56. The first-order chi connectivity index (χ1) is 12.5. The molecule has 0 bridgehead atoms. The van der Waals surface area contributed by atoms with Crippen molar-refractivity contribution >= 4 is 41.5 Å². The van der Waals surface area contributed by atoms with Crippen LogP contribution in [0.1, 0.15) is 25.3 Å². The van der Waals surface area contributed by atoms with Crippen LogP contribution in [0.25, 0.3) is 0 Å². The van der Waals surface area contributed by atoms with Crippen LogP contribution in [-0.4, -0.2) is 57.2 Å². The zero-order chi connectivity index (χ0) is 18.9. The molecule has 0 unspecified atom stereocenters. The number of piperidine rings is 1. The largest absolute Gasteiger partial charge is 0.497 e. The summed E-state index contributed by atoms with van der Waals surface area (Å²) in [7, 11) is 3.46. The van der Waals surface area contributed by atoms with Crippen LogP contribution in [0.15, 0.2) is 35.3 Å². The second-order valence-corrected chi connectivity index (χ2v) is 7.27. The van der Waals surface area contributed by atoms with E-state index in [2.05, 4.69) is 34.0 Å². The van der Waals surface area contributed by atoms with Gasteiger partial charge in [-0.1, -0.05) is 29.8 Å². The molecule has 1 heterocycles. The number of ether oxygens (including phenoxy) is 1. The molecule has 2 N–H and O–H groups in total. The topological polar surface area (TPSA) is 48.9 Å². The summed E-state index contributed by atoms with van der Waals surface area (Å²) in [6, 6.07) is 6.26. The van der Waals surface area contributed by atoms with Gasteiger partial charge >= 0.3 is 0 Å². The molecule has 1 aliphatic heterocycles. The fourth-order valence-corrected chi connectivity index (χ4v) is 3.44. The molecule has 1 aromatic carbocycles. The Hall–Kier alpha value is -0.990. The van der Waals surface area contributed by atoms with E-state index < -0.39 is 0 Å². The van der Waals surface area contributed by atoms with Crippen LogP contribution in [0.3, 0.4) is 0 Å². The van der Waals surface area contributed by atoms with Gasteiger partial charge in [0.25, 0.3) is 0 Å². The Bertz CT molecular complexity index is 630. The average Bonchev–Trinajstić information content (AvgIpc) is 2.63. The zero-order valence-corrected chi connectivity index (χ0v) is 19.6. The molecule has 0 amide bonds. The third kappa shape index (κ3) is 8.27. The summed E-state index contributed by atoms with van der Waals surface area (Å²) in [6.07, 6.45) is 3.08. The number of methoxy groups -OCH3 is 1. The standard InChI is InChI=1S/C20H31ClN4O.HI/c1-15(2)14-25-11-8-17(9-12-25)24-20(22-3)23-10-7-16-5-6-18(26-4)13-19(16)21;/h5-6,13,17H,1,7-12,14H2,2-4H3,(H2,22,23,24);1H. The average molecular weight is 507 g/mol.